The van der Waals surface area contributed by atoms with Crippen LogP contribution in [0.2, 0.25) is 0 Å². The molecule has 3 rings (SSSR count). The molecule has 2 aromatic carbocycles. The van der Waals surface area contributed by atoms with Crippen LogP contribution in [0.5, 0.6) is 0 Å². The Balaban J connectivity index is 0.00000144. The van der Waals surface area contributed by atoms with Crippen LogP contribution < -0.4 is 10.6 Å². The highest BCUT2D eigenvalue weighted by molar-refractivity contribution is 7.87. The van der Waals surface area contributed by atoms with Crippen molar-refractivity contribution in [3.8, 4) is 0 Å². The van der Waals surface area contributed by atoms with Gasteiger partial charge in [-0.3, -0.25) is 75.7 Å². The van der Waals surface area contributed by atoms with Gasteiger partial charge in [0.1, 0.15) is 0 Å². The van der Waals surface area contributed by atoms with Gasteiger partial charge in [-0.15, -0.1) is 0 Å². The van der Waals surface area contributed by atoms with Gasteiger partial charge in [-0.25, -0.2) is 0 Å². The first-order chi connectivity index (χ1) is 45.5. The predicted octanol–water partition coefficient (Wildman–Crippen LogP) is 4.21. The summed E-state index contributed by atoms with van der Waals surface area (Å²) >= 11 is 0. The van der Waals surface area contributed by atoms with Gasteiger partial charge in [0.2, 0.25) is 14.7 Å². The Morgan fingerprint density at radius 3 is 1.07 bits per heavy atom. The summed E-state index contributed by atoms with van der Waals surface area (Å²) < 4.78 is 126. The van der Waals surface area contributed by atoms with E-state index >= 15 is 0 Å². The average molecular weight is 1460 g/mol. The molecule has 2 N–H and O–H groups in total. The zero-order chi connectivity index (χ0) is 72.0. The smallest absolute Gasteiger partial charge is 0.320 e. The molecular weight excluding hydrogens is 1350 g/mol. The van der Waals surface area contributed by atoms with Gasteiger partial charge >= 0.3 is 35.8 Å². The van der Waals surface area contributed by atoms with Crippen molar-refractivity contribution in [1.82, 2.24) is 40.0 Å². The number of nitrogens with one attached hydrogen (secondary N) is 2. The molecule has 0 bridgehead atoms. The molecule has 1 fully saturated rings. The molecule has 1 aliphatic heterocycles. The molecule has 1 aliphatic rings. The van der Waals surface area contributed by atoms with Crippen LogP contribution in [0.25, 0.3) is 0 Å². The van der Waals surface area contributed by atoms with Crippen LogP contribution >= 0.6 is 14.7 Å². The second-order valence-electron chi connectivity index (χ2n) is 21.8. The Kier molecular flexibility index (Phi) is 49.6. The van der Waals surface area contributed by atoms with Crippen molar-refractivity contribution in [2.75, 3.05) is 223 Å². The monoisotopic (exact) mass is 1460 g/mol. The molecule has 0 amide bonds. The third kappa shape index (κ3) is 44.8. The number of aryl methyl sites for hydroxylation is 2. The van der Waals surface area contributed by atoms with Gasteiger partial charge in [-0.05, 0) is 93.5 Å². The van der Waals surface area contributed by atoms with E-state index in [4.69, 9.17) is 45.8 Å². The molecule has 97 heavy (non-hydrogen) atoms. The number of hydrogen-bond acceptors (Lipinski definition) is 30. The standard InChI is InChI=1S/C24H47N4O8P.C22H29NO8S2.C16H34N3O6P.CH4/c1-6-33-22(29)18-25-10-12-26(19-23(30)34-7-2)14-16-28(21-37(5,32)36-9-4)17-15-27(13-11-25)20-24(31)35-8-3;1-4-29-22(24)17-23(13-15-30-32(25,26)20-9-5-18(2)6-10-20)14-16-31-33(27,28)21-11-7-19(3)8-12-21;1-5-23-15(20)12-17-8-10-19(14-26(4,22)25-7-3)11-9-18-13-16(21)24-6-2;/h6-21H2,1-5H3;5-12H,4,13-17H2,1-3H3;17-18H,5-14H2,1-4H3;1H4. The fourth-order valence-electron chi connectivity index (χ4n) is 9.01. The Bertz CT molecular complexity index is 2740. The fraction of sp³-hybridized carbons (Fsp3) is 0.714. The highest BCUT2D eigenvalue weighted by Gasteiger charge is 2.27. The molecule has 0 saturated carbocycles. The maximum atomic E-state index is 13.0. The van der Waals surface area contributed by atoms with Gasteiger partial charge in [0.25, 0.3) is 20.2 Å². The predicted molar refractivity (Wildman–Crippen MR) is 370 cm³/mol. The van der Waals surface area contributed by atoms with Crippen LogP contribution in [0.4, 0.5) is 0 Å². The highest BCUT2D eigenvalue weighted by atomic mass is 32.2. The molecular formula is C63H114N8O22P2S2. The normalized spacial score (nSPS) is 15.1. The summed E-state index contributed by atoms with van der Waals surface area (Å²) in [5, 5.41) is 6.00. The van der Waals surface area contributed by atoms with Crippen LogP contribution in [-0.4, -0.2) is 305 Å². The maximum absolute atomic E-state index is 13.0. The summed E-state index contributed by atoms with van der Waals surface area (Å²) in [5.41, 5.74) is 1.82. The number of carbonyl (C=O) groups is 6. The summed E-state index contributed by atoms with van der Waals surface area (Å²) in [6.07, 6.45) is 0.583. The van der Waals surface area contributed by atoms with Crippen molar-refractivity contribution in [1.29, 1.82) is 0 Å². The number of esters is 6. The molecule has 1 heterocycles. The topological polar surface area (TPSA) is 341 Å². The van der Waals surface area contributed by atoms with Crippen molar-refractivity contribution >= 4 is 70.8 Å². The maximum Gasteiger partial charge on any atom is 0.320 e. The van der Waals surface area contributed by atoms with Crippen molar-refractivity contribution in [3.05, 3.63) is 59.7 Å². The van der Waals surface area contributed by atoms with Gasteiger partial charge in [0.15, 0.2) is 0 Å². The van der Waals surface area contributed by atoms with Gasteiger partial charge < -0.3 is 48.1 Å². The third-order valence-electron chi connectivity index (χ3n) is 13.6. The molecule has 30 nitrogen and oxygen atoms in total. The van der Waals surface area contributed by atoms with E-state index in [0.717, 1.165) is 11.1 Å². The Morgan fingerprint density at radius 1 is 0.433 bits per heavy atom. The summed E-state index contributed by atoms with van der Waals surface area (Å²) in [6, 6.07) is 12.4. The van der Waals surface area contributed by atoms with Crippen LogP contribution in [0.15, 0.2) is 58.3 Å². The molecule has 0 radical (unpaired) electrons. The number of benzene rings is 2. The lowest BCUT2D eigenvalue weighted by molar-refractivity contribution is -0.146. The van der Waals surface area contributed by atoms with Crippen molar-refractivity contribution in [2.24, 2.45) is 0 Å². The zero-order valence-electron chi connectivity index (χ0n) is 58.6. The molecule has 560 valence electrons. The molecule has 1 saturated heterocycles. The Morgan fingerprint density at radius 2 is 0.742 bits per heavy atom. The van der Waals surface area contributed by atoms with Gasteiger partial charge in [0.05, 0.1) is 128 Å². The van der Waals surface area contributed by atoms with E-state index in [2.05, 4.69) is 15.5 Å². The van der Waals surface area contributed by atoms with Crippen molar-refractivity contribution in [2.45, 2.75) is 86.5 Å². The molecule has 0 aromatic heterocycles. The van der Waals surface area contributed by atoms with E-state index in [0.29, 0.717) is 131 Å². The van der Waals surface area contributed by atoms with Crippen molar-refractivity contribution < 1.29 is 101 Å². The lowest BCUT2D eigenvalue weighted by Crippen LogP contribution is -2.48. The number of carbonyl (C=O) groups excluding carboxylic acids is 6. The molecule has 2 aromatic rings. The van der Waals surface area contributed by atoms with E-state index in [1.54, 1.807) is 79.1 Å². The second-order valence-corrected chi connectivity index (χ2v) is 30.2. The first-order valence-corrected chi connectivity index (χ1v) is 39.9. The number of rotatable bonds is 42. The molecule has 0 aliphatic carbocycles. The average Bonchev–Trinajstić information content (AvgIpc) is 0.868. The molecule has 34 heteroatoms. The molecule has 2 unspecified atom stereocenters. The van der Waals surface area contributed by atoms with Crippen LogP contribution in [0.3, 0.4) is 0 Å². The molecule has 2 atom stereocenters. The third-order valence-corrected chi connectivity index (χ3v) is 19.6. The van der Waals surface area contributed by atoms with Gasteiger partial charge in [0, 0.05) is 105 Å². The summed E-state index contributed by atoms with van der Waals surface area (Å²) in [5.74, 6) is -2.07. The number of nitrogens with zero attached hydrogens (tertiary/aromatic N) is 6. The van der Waals surface area contributed by atoms with E-state index in [9.17, 15) is 54.7 Å². The minimum Gasteiger partial charge on any atom is -0.465 e. The fourth-order valence-corrected chi connectivity index (χ4v) is 14.1. The minimum atomic E-state index is -3.96. The second kappa shape index (κ2) is 52.2. The van der Waals surface area contributed by atoms with Gasteiger partial charge in [-0.2, -0.15) is 16.8 Å². The van der Waals surface area contributed by atoms with Crippen LogP contribution in [-0.2, 0) is 104 Å². The number of ether oxygens (including phenoxy) is 6. The zero-order valence-corrected chi connectivity index (χ0v) is 62.0. The summed E-state index contributed by atoms with van der Waals surface area (Å²) in [7, 11) is -13.5. The van der Waals surface area contributed by atoms with Crippen LogP contribution in [0.1, 0.15) is 73.9 Å². The quantitative estimate of drug-likeness (QED) is 0.0309. The lowest BCUT2D eigenvalue weighted by atomic mass is 10.2. The minimum absolute atomic E-state index is 0. The van der Waals surface area contributed by atoms with E-state index in [1.165, 1.54) is 29.2 Å². The number of hydrogen-bond donors (Lipinski definition) is 2. The Hall–Kier alpha value is -4.86. The lowest BCUT2D eigenvalue weighted by Gasteiger charge is -2.34. The van der Waals surface area contributed by atoms with Crippen molar-refractivity contribution in [3.63, 3.8) is 0 Å². The molecule has 0 spiro atoms. The summed E-state index contributed by atoms with van der Waals surface area (Å²) in [6.45, 7) is 30.2. The van der Waals surface area contributed by atoms with E-state index in [1.807, 2.05) is 47.3 Å². The van der Waals surface area contributed by atoms with E-state index < -0.39 is 40.9 Å². The van der Waals surface area contributed by atoms with Gasteiger partial charge in [-0.1, -0.05) is 42.8 Å². The SMILES string of the molecule is C.CCOC(=O)CN(CCOS(=O)(=O)c1ccc(C)cc1)CCOS(=O)(=O)c1ccc(C)cc1.CCOC(=O)CN1CCN(CC(=O)OCC)CCN(CP(C)(=O)OCC)CCN(CC(=O)OCC)CC1.CCOC(=O)CNCCN(CCNCC(=O)OCC)CP(C)(=O)OCC. The first-order valence-electron chi connectivity index (χ1n) is 32.5. The summed E-state index contributed by atoms with van der Waals surface area (Å²) in [4.78, 5) is 82.8. The first kappa shape index (κ1) is 92.1. The van der Waals surface area contributed by atoms with Crippen LogP contribution in [0, 0.1) is 13.8 Å². The van der Waals surface area contributed by atoms with E-state index in [-0.39, 0.29) is 126 Å². The largest absolute Gasteiger partial charge is 0.465 e. The Labute approximate surface area is 577 Å². The highest BCUT2D eigenvalue weighted by Crippen LogP contribution is 2.43.